The Morgan fingerprint density at radius 3 is 2.15 bits per heavy atom. The molecule has 0 saturated carbocycles. The Labute approximate surface area is 150 Å². The fourth-order valence-corrected chi connectivity index (χ4v) is 3.02. The summed E-state index contributed by atoms with van der Waals surface area (Å²) < 4.78 is 7.68. The number of nitrogens with two attached hydrogens (primary N) is 1. The van der Waals surface area contributed by atoms with Crippen LogP contribution in [0.15, 0.2) is 21.1 Å². The average Bonchev–Trinajstić information content (AvgIpc) is 2.30. The molecule has 1 aromatic rings. The van der Waals surface area contributed by atoms with Crippen LogP contribution in [0.4, 0.5) is 0 Å². The van der Waals surface area contributed by atoms with Gasteiger partial charge in [-0.15, -0.1) is 24.8 Å². The number of likely N-dealkylation sites (N-methyl/N-ethyl adjacent to an activating group) is 1. The van der Waals surface area contributed by atoms with Crippen LogP contribution in [-0.2, 0) is 6.42 Å². The topological polar surface area (TPSA) is 38.5 Å². The van der Waals surface area contributed by atoms with E-state index in [-0.39, 0.29) is 24.8 Å². The maximum atomic E-state index is 5.70. The monoisotopic (exact) mass is 450 g/mol. The van der Waals surface area contributed by atoms with Gasteiger partial charge in [-0.2, -0.15) is 0 Å². The van der Waals surface area contributed by atoms with Crippen molar-refractivity contribution >= 4 is 56.7 Å². The van der Waals surface area contributed by atoms with E-state index in [1.807, 2.05) is 0 Å². The first-order valence-corrected chi connectivity index (χ1v) is 7.58. The number of ether oxygens (including phenoxy) is 1. The molecule has 0 atom stereocenters. The Balaban J connectivity index is 0. The molecule has 0 aromatic heterocycles. The van der Waals surface area contributed by atoms with E-state index in [1.165, 1.54) is 5.56 Å². The summed E-state index contributed by atoms with van der Waals surface area (Å²) in [6.07, 6.45) is 1.88. The van der Waals surface area contributed by atoms with Gasteiger partial charge in [-0.1, -0.05) is 0 Å². The van der Waals surface area contributed by atoms with Crippen LogP contribution in [0.25, 0.3) is 0 Å². The van der Waals surface area contributed by atoms with Crippen molar-refractivity contribution in [3.05, 3.63) is 26.6 Å². The number of benzene rings is 1. The smallest absolute Gasteiger partial charge is 0.147 e. The van der Waals surface area contributed by atoms with Crippen LogP contribution in [0.5, 0.6) is 5.75 Å². The van der Waals surface area contributed by atoms with Crippen molar-refractivity contribution < 1.29 is 4.74 Å². The van der Waals surface area contributed by atoms with Gasteiger partial charge in [0.2, 0.25) is 0 Å². The summed E-state index contributed by atoms with van der Waals surface area (Å²) in [7, 11) is 4.16. The zero-order chi connectivity index (χ0) is 13.5. The Morgan fingerprint density at radius 2 is 1.70 bits per heavy atom. The second-order valence-corrected chi connectivity index (χ2v) is 6.14. The van der Waals surface area contributed by atoms with Gasteiger partial charge in [0.05, 0.1) is 15.6 Å². The Bertz CT molecular complexity index is 370. The van der Waals surface area contributed by atoms with Crippen molar-refractivity contribution in [2.75, 3.05) is 33.8 Å². The number of rotatable bonds is 7. The van der Waals surface area contributed by atoms with Gasteiger partial charge in [0.1, 0.15) is 5.75 Å². The summed E-state index contributed by atoms with van der Waals surface area (Å²) in [5, 5.41) is 0. The van der Waals surface area contributed by atoms with Gasteiger partial charge < -0.3 is 15.4 Å². The lowest BCUT2D eigenvalue weighted by Crippen LogP contribution is -2.15. The van der Waals surface area contributed by atoms with Crippen molar-refractivity contribution in [3.63, 3.8) is 0 Å². The summed E-state index contributed by atoms with van der Waals surface area (Å²) in [4.78, 5) is 2.17. The Morgan fingerprint density at radius 1 is 1.15 bits per heavy atom. The van der Waals surface area contributed by atoms with E-state index in [0.29, 0.717) is 13.2 Å². The highest BCUT2D eigenvalue weighted by Crippen LogP contribution is 2.35. The molecule has 0 fully saturated rings. The molecule has 0 heterocycles. The minimum absolute atomic E-state index is 0. The van der Waals surface area contributed by atoms with Gasteiger partial charge in [0.25, 0.3) is 0 Å². The van der Waals surface area contributed by atoms with Crippen LogP contribution in [0.2, 0.25) is 0 Å². The van der Waals surface area contributed by atoms with Crippen molar-refractivity contribution in [1.82, 2.24) is 4.90 Å². The molecular formula is C13H22Br2Cl2N2O. The van der Waals surface area contributed by atoms with Gasteiger partial charge in [-0.25, -0.2) is 0 Å². The van der Waals surface area contributed by atoms with Crippen molar-refractivity contribution in [2.45, 2.75) is 12.8 Å². The SMILES string of the molecule is CN(C)CCc1cc(Br)c(OCCCN)c(Br)c1.Cl.Cl. The fourth-order valence-electron chi connectivity index (χ4n) is 1.50. The molecular weight excluding hydrogens is 431 g/mol. The molecule has 20 heavy (non-hydrogen) atoms. The van der Waals surface area contributed by atoms with E-state index in [4.69, 9.17) is 10.5 Å². The summed E-state index contributed by atoms with van der Waals surface area (Å²) in [5.74, 6) is 0.858. The molecule has 0 amide bonds. The van der Waals surface area contributed by atoms with E-state index in [9.17, 15) is 0 Å². The predicted octanol–water partition coefficient (Wildman–Crippen LogP) is 3.89. The lowest BCUT2D eigenvalue weighted by atomic mass is 10.1. The lowest BCUT2D eigenvalue weighted by molar-refractivity contribution is 0.309. The minimum Gasteiger partial charge on any atom is -0.491 e. The van der Waals surface area contributed by atoms with Crippen molar-refractivity contribution in [1.29, 1.82) is 0 Å². The maximum absolute atomic E-state index is 5.70. The third kappa shape index (κ3) is 8.05. The summed E-state index contributed by atoms with van der Waals surface area (Å²) >= 11 is 7.11. The molecule has 0 aliphatic rings. The van der Waals surface area contributed by atoms with E-state index < -0.39 is 0 Å². The van der Waals surface area contributed by atoms with E-state index in [1.54, 1.807) is 0 Å². The fraction of sp³-hybridized carbons (Fsp3) is 0.538. The zero-order valence-corrected chi connectivity index (χ0v) is 16.5. The van der Waals surface area contributed by atoms with Crippen molar-refractivity contribution in [2.24, 2.45) is 5.73 Å². The van der Waals surface area contributed by atoms with Crippen LogP contribution in [-0.4, -0.2) is 38.7 Å². The second kappa shape index (κ2) is 12.1. The predicted molar refractivity (Wildman–Crippen MR) is 97.8 cm³/mol. The van der Waals surface area contributed by atoms with Crippen LogP contribution in [0, 0.1) is 0 Å². The van der Waals surface area contributed by atoms with Crippen LogP contribution < -0.4 is 10.5 Å². The van der Waals surface area contributed by atoms with Crippen LogP contribution >= 0.6 is 56.7 Å². The summed E-state index contributed by atoms with van der Waals surface area (Å²) in [6, 6.07) is 4.23. The molecule has 1 aromatic carbocycles. The summed E-state index contributed by atoms with van der Waals surface area (Å²) in [6.45, 7) is 2.33. The average molecular weight is 453 g/mol. The largest absolute Gasteiger partial charge is 0.491 e. The highest BCUT2D eigenvalue weighted by Gasteiger charge is 2.09. The van der Waals surface area contributed by atoms with E-state index >= 15 is 0 Å². The molecule has 118 valence electrons. The molecule has 0 bridgehead atoms. The van der Waals surface area contributed by atoms with Gasteiger partial charge in [-0.05, 0) is 83.0 Å². The highest BCUT2D eigenvalue weighted by atomic mass is 79.9. The standard InChI is InChI=1S/C13H20Br2N2O.2ClH/c1-17(2)6-4-10-8-11(14)13(12(15)9-10)18-7-3-5-16;;/h8-9H,3-7,16H2,1-2H3;2*1H. The van der Waals surface area contributed by atoms with Gasteiger partial charge >= 0.3 is 0 Å². The van der Waals surface area contributed by atoms with Crippen LogP contribution in [0.1, 0.15) is 12.0 Å². The van der Waals surface area contributed by atoms with Crippen molar-refractivity contribution in [3.8, 4) is 5.75 Å². The molecule has 7 heteroatoms. The van der Waals surface area contributed by atoms with E-state index in [2.05, 4.69) is 63.0 Å². The molecule has 0 saturated heterocycles. The minimum atomic E-state index is 0. The van der Waals surface area contributed by atoms with Gasteiger partial charge in [-0.3, -0.25) is 0 Å². The molecule has 0 aliphatic heterocycles. The molecule has 3 nitrogen and oxygen atoms in total. The molecule has 1 rings (SSSR count). The zero-order valence-electron chi connectivity index (χ0n) is 11.7. The van der Waals surface area contributed by atoms with Crippen LogP contribution in [0.3, 0.4) is 0 Å². The number of halogens is 4. The second-order valence-electron chi connectivity index (χ2n) is 4.43. The normalized spacial score (nSPS) is 9.90. The van der Waals surface area contributed by atoms with E-state index in [0.717, 1.165) is 34.1 Å². The first kappa shape index (κ1) is 22.8. The number of nitrogens with zero attached hydrogens (tertiary/aromatic N) is 1. The highest BCUT2D eigenvalue weighted by molar-refractivity contribution is 9.11. The maximum Gasteiger partial charge on any atom is 0.147 e. The molecule has 0 unspecified atom stereocenters. The lowest BCUT2D eigenvalue weighted by Gasteiger charge is -2.13. The Kier molecular flexibility index (Phi) is 13.7. The third-order valence-electron chi connectivity index (χ3n) is 2.50. The first-order chi connectivity index (χ1) is 8.54. The quantitative estimate of drug-likeness (QED) is 0.638. The van der Waals surface area contributed by atoms with Gasteiger partial charge in [0, 0.05) is 6.54 Å². The molecule has 0 aliphatic carbocycles. The summed E-state index contributed by atoms with van der Waals surface area (Å²) in [5.41, 5.74) is 6.74. The third-order valence-corrected chi connectivity index (χ3v) is 3.68. The molecule has 0 spiro atoms. The molecule has 2 N–H and O–H groups in total. The molecule has 0 radical (unpaired) electrons. The van der Waals surface area contributed by atoms with Gasteiger partial charge in [0.15, 0.2) is 0 Å². The Hall–Kier alpha value is 0.480. The number of hydrogen-bond donors (Lipinski definition) is 1. The first-order valence-electron chi connectivity index (χ1n) is 6.00. The number of hydrogen-bond acceptors (Lipinski definition) is 3.